The number of fused-ring (bicyclic) bond motifs is 1. The van der Waals surface area contributed by atoms with Crippen LogP contribution in [0.1, 0.15) is 33.3 Å². The van der Waals surface area contributed by atoms with Crippen molar-refractivity contribution in [2.24, 2.45) is 0 Å². The Morgan fingerprint density at radius 1 is 1.39 bits per heavy atom. The van der Waals surface area contributed by atoms with Crippen molar-refractivity contribution in [1.29, 1.82) is 0 Å². The van der Waals surface area contributed by atoms with Gasteiger partial charge in [-0.1, -0.05) is 26.8 Å². The van der Waals surface area contributed by atoms with E-state index in [-0.39, 0.29) is 17.9 Å². The zero-order chi connectivity index (χ0) is 17.4. The fourth-order valence-corrected chi connectivity index (χ4v) is 3.36. The molecule has 1 unspecified atom stereocenters. The molecule has 1 N–H and O–H groups in total. The third-order valence-corrected chi connectivity index (χ3v) is 4.88. The fourth-order valence-electron chi connectivity index (χ4n) is 2.46. The molecule has 7 heteroatoms. The van der Waals surface area contributed by atoms with E-state index in [2.05, 4.69) is 26.1 Å². The van der Waals surface area contributed by atoms with E-state index in [1.54, 1.807) is 13.0 Å². The molecular formula is C16H24N2O4S. The van der Waals surface area contributed by atoms with E-state index in [0.717, 1.165) is 11.8 Å². The van der Waals surface area contributed by atoms with E-state index >= 15 is 0 Å². The van der Waals surface area contributed by atoms with E-state index in [1.165, 1.54) is 4.31 Å². The molecule has 0 spiro atoms. The Labute approximate surface area is 137 Å². The van der Waals surface area contributed by atoms with Crippen LogP contribution in [0.2, 0.25) is 0 Å². The zero-order valence-corrected chi connectivity index (χ0v) is 15.0. The van der Waals surface area contributed by atoms with Crippen molar-refractivity contribution in [3.63, 3.8) is 0 Å². The number of likely N-dealkylation sites (N-methyl/N-ethyl adjacent to an activating group) is 1. The lowest BCUT2D eigenvalue weighted by atomic mass is 9.86. The summed E-state index contributed by atoms with van der Waals surface area (Å²) in [6, 6.07) is 5.46. The number of amides is 1. The van der Waals surface area contributed by atoms with E-state index < -0.39 is 16.1 Å². The number of benzene rings is 1. The van der Waals surface area contributed by atoms with Gasteiger partial charge in [0.2, 0.25) is 10.0 Å². The SMILES string of the molecule is CCNC(=O)C1CN(S(C)(=O)=O)c2cc(C(C)(C)C)ccc2O1. The van der Waals surface area contributed by atoms with E-state index in [9.17, 15) is 13.2 Å². The first kappa shape index (κ1) is 17.6. The molecule has 23 heavy (non-hydrogen) atoms. The summed E-state index contributed by atoms with van der Waals surface area (Å²) < 4.78 is 31.3. The smallest absolute Gasteiger partial charge is 0.262 e. The standard InChI is InChI=1S/C16H24N2O4S/c1-6-17-15(19)14-10-18(23(5,20)21)12-9-11(16(2,3)4)7-8-13(12)22-14/h7-9,14H,6,10H2,1-5H3,(H,17,19). The van der Waals surface area contributed by atoms with Gasteiger partial charge in [0.15, 0.2) is 6.10 Å². The average Bonchev–Trinajstić information content (AvgIpc) is 2.43. The van der Waals surface area contributed by atoms with Crippen LogP contribution < -0.4 is 14.4 Å². The lowest BCUT2D eigenvalue weighted by Crippen LogP contribution is -2.50. The summed E-state index contributed by atoms with van der Waals surface area (Å²) in [6.07, 6.45) is 0.290. The molecule has 1 aliphatic rings. The van der Waals surface area contributed by atoms with E-state index in [4.69, 9.17) is 4.74 Å². The van der Waals surface area contributed by atoms with Crippen molar-refractivity contribution < 1.29 is 17.9 Å². The highest BCUT2D eigenvalue weighted by Crippen LogP contribution is 2.38. The van der Waals surface area contributed by atoms with Crippen LogP contribution in [0.3, 0.4) is 0 Å². The normalized spacial score (nSPS) is 18.1. The minimum Gasteiger partial charge on any atom is -0.476 e. The number of carbonyl (C=O) groups excluding carboxylic acids is 1. The predicted molar refractivity (Wildman–Crippen MR) is 90.4 cm³/mol. The minimum absolute atomic E-state index is 0.0226. The summed E-state index contributed by atoms with van der Waals surface area (Å²) in [5.74, 6) is 0.0950. The monoisotopic (exact) mass is 340 g/mol. The lowest BCUT2D eigenvalue weighted by molar-refractivity contribution is -0.127. The highest BCUT2D eigenvalue weighted by atomic mass is 32.2. The van der Waals surface area contributed by atoms with Crippen molar-refractivity contribution in [3.05, 3.63) is 23.8 Å². The molecule has 0 aliphatic carbocycles. The van der Waals surface area contributed by atoms with Gasteiger partial charge in [-0.3, -0.25) is 9.10 Å². The van der Waals surface area contributed by atoms with Gasteiger partial charge in [-0.25, -0.2) is 8.42 Å². The van der Waals surface area contributed by atoms with Crippen LogP contribution in [-0.4, -0.2) is 39.8 Å². The third-order valence-electron chi connectivity index (χ3n) is 3.74. The first-order valence-corrected chi connectivity index (χ1v) is 9.45. The molecule has 1 aromatic carbocycles. The second-order valence-electron chi connectivity index (χ2n) is 6.73. The third kappa shape index (κ3) is 3.77. The Morgan fingerprint density at radius 3 is 2.57 bits per heavy atom. The number of nitrogens with one attached hydrogen (secondary N) is 1. The predicted octanol–water partition coefficient (Wildman–Crippen LogP) is 1.65. The second kappa shape index (κ2) is 6.03. The van der Waals surface area contributed by atoms with Gasteiger partial charge in [0.05, 0.1) is 18.5 Å². The van der Waals surface area contributed by atoms with Crippen LogP contribution in [0.15, 0.2) is 18.2 Å². The number of carbonyl (C=O) groups is 1. The molecule has 0 saturated heterocycles. The number of rotatable bonds is 3. The van der Waals surface area contributed by atoms with Crippen molar-refractivity contribution in [2.75, 3.05) is 23.7 Å². The Kier molecular flexibility index (Phi) is 4.61. The largest absolute Gasteiger partial charge is 0.476 e. The Morgan fingerprint density at radius 2 is 2.04 bits per heavy atom. The van der Waals surface area contributed by atoms with Crippen molar-refractivity contribution in [3.8, 4) is 5.75 Å². The highest BCUT2D eigenvalue weighted by molar-refractivity contribution is 7.92. The van der Waals surface area contributed by atoms with E-state index in [0.29, 0.717) is 18.0 Å². The quantitative estimate of drug-likeness (QED) is 0.908. The summed E-state index contributed by atoms with van der Waals surface area (Å²) in [4.78, 5) is 12.0. The molecule has 1 amide bonds. The van der Waals surface area contributed by atoms with Crippen LogP contribution in [0.5, 0.6) is 5.75 Å². The molecular weight excluding hydrogens is 316 g/mol. The van der Waals surface area contributed by atoms with Crippen LogP contribution in [-0.2, 0) is 20.2 Å². The summed E-state index contributed by atoms with van der Waals surface area (Å²) >= 11 is 0. The van der Waals surface area contributed by atoms with Gasteiger partial charge in [-0.2, -0.15) is 0 Å². The number of hydrogen-bond acceptors (Lipinski definition) is 4. The van der Waals surface area contributed by atoms with Gasteiger partial charge in [0.1, 0.15) is 5.75 Å². The topological polar surface area (TPSA) is 75.7 Å². The summed E-state index contributed by atoms with van der Waals surface area (Å²) in [7, 11) is -3.51. The Hall–Kier alpha value is -1.76. The maximum atomic E-state index is 12.2. The average molecular weight is 340 g/mol. The van der Waals surface area contributed by atoms with Gasteiger partial charge in [-0.05, 0) is 30.0 Å². The molecule has 1 atom stereocenters. The van der Waals surface area contributed by atoms with Crippen LogP contribution >= 0.6 is 0 Å². The number of hydrogen-bond donors (Lipinski definition) is 1. The van der Waals surface area contributed by atoms with Crippen molar-refractivity contribution in [2.45, 2.75) is 39.2 Å². The summed E-state index contributed by atoms with van der Waals surface area (Å²) in [6.45, 7) is 8.42. The number of ether oxygens (including phenoxy) is 1. The Bertz CT molecular complexity index is 707. The molecule has 2 rings (SSSR count). The molecule has 0 aromatic heterocycles. The minimum atomic E-state index is -3.51. The first-order valence-electron chi connectivity index (χ1n) is 7.60. The van der Waals surface area contributed by atoms with Gasteiger partial charge >= 0.3 is 0 Å². The van der Waals surface area contributed by atoms with Gasteiger partial charge in [0.25, 0.3) is 5.91 Å². The molecule has 1 aromatic rings. The first-order chi connectivity index (χ1) is 10.5. The maximum Gasteiger partial charge on any atom is 0.262 e. The van der Waals surface area contributed by atoms with Crippen LogP contribution in [0.4, 0.5) is 5.69 Å². The summed E-state index contributed by atoms with van der Waals surface area (Å²) in [5, 5.41) is 2.67. The molecule has 0 saturated carbocycles. The maximum absolute atomic E-state index is 12.2. The number of nitrogens with zero attached hydrogens (tertiary/aromatic N) is 1. The molecule has 0 fully saturated rings. The molecule has 1 heterocycles. The molecule has 128 valence electrons. The van der Waals surface area contributed by atoms with Gasteiger partial charge in [-0.15, -0.1) is 0 Å². The van der Waals surface area contributed by atoms with Gasteiger partial charge in [0, 0.05) is 6.54 Å². The highest BCUT2D eigenvalue weighted by Gasteiger charge is 2.35. The Balaban J connectivity index is 2.49. The van der Waals surface area contributed by atoms with Crippen LogP contribution in [0.25, 0.3) is 0 Å². The van der Waals surface area contributed by atoms with Crippen LogP contribution in [0, 0.1) is 0 Å². The lowest BCUT2D eigenvalue weighted by Gasteiger charge is -2.35. The van der Waals surface area contributed by atoms with Gasteiger partial charge < -0.3 is 10.1 Å². The van der Waals surface area contributed by atoms with Crippen molar-refractivity contribution in [1.82, 2.24) is 5.32 Å². The van der Waals surface area contributed by atoms with Crippen molar-refractivity contribution >= 4 is 21.6 Å². The summed E-state index contributed by atoms with van der Waals surface area (Å²) in [5.41, 5.74) is 1.37. The zero-order valence-electron chi connectivity index (χ0n) is 14.2. The molecule has 1 aliphatic heterocycles. The van der Waals surface area contributed by atoms with E-state index in [1.807, 2.05) is 12.1 Å². The molecule has 6 nitrogen and oxygen atoms in total. The second-order valence-corrected chi connectivity index (χ2v) is 8.63. The molecule has 0 radical (unpaired) electrons. The fraction of sp³-hybridized carbons (Fsp3) is 0.562. The number of sulfonamides is 1. The number of anilines is 1. The molecule has 0 bridgehead atoms.